The normalized spacial score (nSPS) is 26.9. The molecule has 2 bridgehead atoms. The number of nitrogens with two attached hydrogens (primary N) is 1. The summed E-state index contributed by atoms with van der Waals surface area (Å²) in [5.41, 5.74) is 7.77. The fraction of sp³-hybridized carbons (Fsp3) is 0.462. The van der Waals surface area contributed by atoms with E-state index in [2.05, 4.69) is 0 Å². The molecule has 2 aliphatic rings. The van der Waals surface area contributed by atoms with Crippen LogP contribution in [0.4, 0.5) is 5.69 Å². The van der Waals surface area contributed by atoms with Crippen molar-refractivity contribution < 1.29 is 9.53 Å². The predicted octanol–water partition coefficient (Wildman–Crippen LogP) is 0.692. The Bertz CT molecular complexity index is 447. The van der Waals surface area contributed by atoms with Gasteiger partial charge in [-0.3, -0.25) is 4.79 Å². The van der Waals surface area contributed by atoms with E-state index >= 15 is 0 Å². The zero-order chi connectivity index (χ0) is 11.8. The Hall–Kier alpha value is -1.39. The van der Waals surface area contributed by atoms with Crippen LogP contribution in [0.1, 0.15) is 12.0 Å². The van der Waals surface area contributed by atoms with Crippen LogP contribution in [0, 0.1) is 0 Å². The van der Waals surface area contributed by atoms with Crippen LogP contribution >= 0.6 is 0 Å². The molecule has 4 heteroatoms. The minimum Gasteiger partial charge on any atom is -0.366 e. The van der Waals surface area contributed by atoms with Gasteiger partial charge in [-0.1, -0.05) is 18.2 Å². The van der Waals surface area contributed by atoms with Crippen molar-refractivity contribution in [2.24, 2.45) is 5.73 Å². The Kier molecular flexibility index (Phi) is 2.61. The molecule has 0 aliphatic carbocycles. The summed E-state index contributed by atoms with van der Waals surface area (Å²) in [4.78, 5) is 14.0. The van der Waals surface area contributed by atoms with Gasteiger partial charge in [-0.2, -0.15) is 0 Å². The molecule has 0 radical (unpaired) electrons. The summed E-state index contributed by atoms with van der Waals surface area (Å²) in [5, 5.41) is 0. The highest BCUT2D eigenvalue weighted by atomic mass is 16.5. The molecule has 90 valence electrons. The Morgan fingerprint density at radius 2 is 2.24 bits per heavy atom. The summed E-state index contributed by atoms with van der Waals surface area (Å²) in [7, 11) is 0. The van der Waals surface area contributed by atoms with E-state index in [1.807, 2.05) is 29.2 Å². The molecule has 2 heterocycles. The second-order valence-electron chi connectivity index (χ2n) is 4.59. The minimum atomic E-state index is -0.217. The first-order chi connectivity index (χ1) is 8.31. The fourth-order valence-electron chi connectivity index (χ4n) is 2.73. The van der Waals surface area contributed by atoms with E-state index in [-0.39, 0.29) is 18.1 Å². The van der Waals surface area contributed by atoms with Crippen LogP contribution in [0.3, 0.4) is 0 Å². The van der Waals surface area contributed by atoms with Gasteiger partial charge >= 0.3 is 0 Å². The Morgan fingerprint density at radius 1 is 1.41 bits per heavy atom. The summed E-state index contributed by atoms with van der Waals surface area (Å²) < 4.78 is 5.40. The summed E-state index contributed by atoms with van der Waals surface area (Å²) in [6, 6.07) is 8.22. The van der Waals surface area contributed by atoms with Gasteiger partial charge in [0.05, 0.1) is 12.6 Å². The fourth-order valence-corrected chi connectivity index (χ4v) is 2.73. The van der Waals surface area contributed by atoms with Gasteiger partial charge in [0, 0.05) is 12.1 Å². The van der Waals surface area contributed by atoms with E-state index in [4.69, 9.17) is 10.5 Å². The maximum atomic E-state index is 12.1. The van der Waals surface area contributed by atoms with Crippen molar-refractivity contribution in [1.82, 2.24) is 0 Å². The molecule has 0 aromatic heterocycles. The zero-order valence-corrected chi connectivity index (χ0v) is 9.63. The number of para-hydroxylation sites is 1. The predicted molar refractivity (Wildman–Crippen MR) is 64.8 cm³/mol. The molecule has 1 amide bonds. The third kappa shape index (κ3) is 1.64. The molecule has 2 atom stereocenters. The van der Waals surface area contributed by atoms with E-state index < -0.39 is 0 Å². The number of fused-ring (bicyclic) bond motifs is 2. The second-order valence-corrected chi connectivity index (χ2v) is 4.59. The standard InChI is InChI=1S/C13H16N2O2/c14-6-5-9-3-1-2-4-11(9)15-10-7-12(13(15)16)17-8-10/h1-4,10,12H,5-8,14H2. The van der Waals surface area contributed by atoms with Crippen LogP contribution in [0.2, 0.25) is 0 Å². The highest BCUT2D eigenvalue weighted by Gasteiger charge is 2.46. The van der Waals surface area contributed by atoms with Crippen molar-refractivity contribution in [2.75, 3.05) is 18.1 Å². The molecule has 1 aromatic rings. The van der Waals surface area contributed by atoms with Gasteiger partial charge in [-0.25, -0.2) is 0 Å². The van der Waals surface area contributed by atoms with Gasteiger partial charge in [0.1, 0.15) is 6.10 Å². The SMILES string of the molecule is NCCc1ccccc1N1C(=O)C2CC1CO2. The van der Waals surface area contributed by atoms with Gasteiger partial charge in [0.2, 0.25) is 0 Å². The Balaban J connectivity index is 1.96. The van der Waals surface area contributed by atoms with Crippen LogP contribution in [-0.4, -0.2) is 31.2 Å². The summed E-state index contributed by atoms with van der Waals surface area (Å²) in [5.74, 6) is 0.103. The van der Waals surface area contributed by atoms with E-state index in [0.29, 0.717) is 13.2 Å². The molecule has 4 nitrogen and oxygen atoms in total. The van der Waals surface area contributed by atoms with Crippen LogP contribution in [0.15, 0.2) is 24.3 Å². The van der Waals surface area contributed by atoms with E-state index in [1.54, 1.807) is 0 Å². The van der Waals surface area contributed by atoms with Crippen molar-refractivity contribution in [3.63, 3.8) is 0 Å². The van der Waals surface area contributed by atoms with Gasteiger partial charge in [-0.15, -0.1) is 0 Å². The number of benzene rings is 1. The molecule has 17 heavy (non-hydrogen) atoms. The lowest BCUT2D eigenvalue weighted by Gasteiger charge is -2.28. The molecule has 2 aliphatic heterocycles. The maximum Gasteiger partial charge on any atom is 0.256 e. The first kappa shape index (κ1) is 10.7. The lowest BCUT2D eigenvalue weighted by Crippen LogP contribution is -2.42. The molecule has 2 fully saturated rings. The van der Waals surface area contributed by atoms with Gasteiger partial charge < -0.3 is 15.4 Å². The molecule has 2 unspecified atom stereocenters. The number of hydrogen-bond donors (Lipinski definition) is 1. The van der Waals surface area contributed by atoms with Crippen LogP contribution < -0.4 is 10.6 Å². The summed E-state index contributed by atoms with van der Waals surface area (Å²) >= 11 is 0. The van der Waals surface area contributed by atoms with Gasteiger partial charge in [-0.05, 0) is 24.6 Å². The molecule has 0 spiro atoms. The Morgan fingerprint density at radius 3 is 2.94 bits per heavy atom. The van der Waals surface area contributed by atoms with Crippen LogP contribution in [0.5, 0.6) is 0 Å². The van der Waals surface area contributed by atoms with E-state index in [1.165, 1.54) is 0 Å². The summed E-state index contributed by atoms with van der Waals surface area (Å²) in [6.45, 7) is 1.26. The number of ether oxygens (including phenoxy) is 1. The number of morpholine rings is 1. The average molecular weight is 232 g/mol. The zero-order valence-electron chi connectivity index (χ0n) is 9.63. The lowest BCUT2D eigenvalue weighted by atomic mass is 10.1. The van der Waals surface area contributed by atoms with E-state index in [0.717, 1.165) is 24.1 Å². The highest BCUT2D eigenvalue weighted by Crippen LogP contribution is 2.35. The monoisotopic (exact) mass is 232 g/mol. The molecule has 2 N–H and O–H groups in total. The largest absolute Gasteiger partial charge is 0.366 e. The van der Waals surface area contributed by atoms with Crippen LogP contribution in [0.25, 0.3) is 0 Å². The molecular formula is C13H16N2O2. The third-order valence-electron chi connectivity index (χ3n) is 3.52. The number of carbonyl (C=O) groups excluding carboxylic acids is 1. The molecule has 2 saturated heterocycles. The first-order valence-corrected chi connectivity index (χ1v) is 6.04. The average Bonchev–Trinajstić information content (AvgIpc) is 2.91. The number of anilines is 1. The lowest BCUT2D eigenvalue weighted by molar-refractivity contribution is -0.128. The maximum absolute atomic E-state index is 12.1. The van der Waals surface area contributed by atoms with Gasteiger partial charge in [0.15, 0.2) is 0 Å². The number of amides is 1. The molecular weight excluding hydrogens is 216 g/mol. The number of hydrogen-bond acceptors (Lipinski definition) is 3. The van der Waals surface area contributed by atoms with Crippen molar-refractivity contribution in [3.8, 4) is 0 Å². The second kappa shape index (κ2) is 4.13. The Labute approximate surface area is 100 Å². The smallest absolute Gasteiger partial charge is 0.256 e. The quantitative estimate of drug-likeness (QED) is 0.834. The van der Waals surface area contributed by atoms with Crippen molar-refractivity contribution in [3.05, 3.63) is 29.8 Å². The third-order valence-corrected chi connectivity index (χ3v) is 3.52. The topological polar surface area (TPSA) is 55.6 Å². The number of nitrogens with zero attached hydrogens (tertiary/aromatic N) is 1. The highest BCUT2D eigenvalue weighted by molar-refractivity contribution is 6.01. The first-order valence-electron chi connectivity index (χ1n) is 6.04. The minimum absolute atomic E-state index is 0.103. The van der Waals surface area contributed by atoms with Crippen LogP contribution in [-0.2, 0) is 16.0 Å². The van der Waals surface area contributed by atoms with Crippen molar-refractivity contribution in [2.45, 2.75) is 25.0 Å². The van der Waals surface area contributed by atoms with Crippen molar-refractivity contribution >= 4 is 11.6 Å². The molecule has 3 rings (SSSR count). The van der Waals surface area contributed by atoms with Crippen molar-refractivity contribution in [1.29, 1.82) is 0 Å². The number of rotatable bonds is 3. The number of carbonyl (C=O) groups is 1. The van der Waals surface area contributed by atoms with Gasteiger partial charge in [0.25, 0.3) is 5.91 Å². The molecule has 0 saturated carbocycles. The molecule has 1 aromatic carbocycles. The van der Waals surface area contributed by atoms with E-state index in [9.17, 15) is 4.79 Å². The summed E-state index contributed by atoms with van der Waals surface area (Å²) in [6.07, 6.45) is 1.42.